The molecule has 0 fully saturated rings. The van der Waals surface area contributed by atoms with Gasteiger partial charge in [0.1, 0.15) is 5.60 Å². The van der Waals surface area contributed by atoms with Crippen LogP contribution in [0, 0.1) is 11.6 Å². The summed E-state index contributed by atoms with van der Waals surface area (Å²) >= 11 is 0. The van der Waals surface area contributed by atoms with E-state index in [0.29, 0.717) is 25.1 Å². The minimum absolute atomic E-state index is 0.110. The third-order valence-corrected chi connectivity index (χ3v) is 4.48. The van der Waals surface area contributed by atoms with E-state index in [-0.39, 0.29) is 12.0 Å². The third-order valence-electron chi connectivity index (χ3n) is 4.48. The van der Waals surface area contributed by atoms with E-state index in [1.54, 1.807) is 20.8 Å². The summed E-state index contributed by atoms with van der Waals surface area (Å²) in [6.07, 6.45) is 0.0115. The van der Waals surface area contributed by atoms with Gasteiger partial charge in [-0.3, -0.25) is 0 Å². The van der Waals surface area contributed by atoms with Crippen LogP contribution in [-0.4, -0.2) is 30.8 Å². The second-order valence-corrected chi connectivity index (χ2v) is 7.33. The van der Waals surface area contributed by atoms with Crippen LogP contribution in [-0.2, 0) is 11.2 Å². The number of alkyl carbamates (subject to hydrolysis) is 1. The lowest BCUT2D eigenvalue weighted by atomic mass is 9.86. The Labute approximate surface area is 134 Å². The lowest BCUT2D eigenvalue weighted by Gasteiger charge is -2.38. The zero-order valence-corrected chi connectivity index (χ0v) is 13.9. The molecule has 3 rings (SSSR count). The van der Waals surface area contributed by atoms with Crippen molar-refractivity contribution in [1.29, 1.82) is 0 Å². The Kier molecular flexibility index (Phi) is 3.73. The molecule has 0 bridgehead atoms. The molecule has 1 aromatic carbocycles. The first-order valence-electron chi connectivity index (χ1n) is 7.92. The van der Waals surface area contributed by atoms with Gasteiger partial charge in [-0.2, -0.15) is 0 Å². The fraction of sp³-hybridized carbons (Fsp3) is 0.588. The van der Waals surface area contributed by atoms with Crippen LogP contribution in [0.1, 0.15) is 44.7 Å². The Balaban J connectivity index is 1.86. The van der Waals surface area contributed by atoms with Crippen LogP contribution in [0.3, 0.4) is 0 Å². The van der Waals surface area contributed by atoms with Crippen molar-refractivity contribution in [2.75, 3.05) is 18.0 Å². The van der Waals surface area contributed by atoms with Crippen LogP contribution in [0.25, 0.3) is 0 Å². The Hall–Kier alpha value is -1.85. The Bertz CT molecular complexity index is 655. The first-order valence-corrected chi connectivity index (χ1v) is 7.92. The molecule has 4 nitrogen and oxygen atoms in total. The highest BCUT2D eigenvalue weighted by atomic mass is 19.2. The zero-order chi connectivity index (χ0) is 16.9. The fourth-order valence-corrected chi connectivity index (χ4v) is 3.42. The van der Waals surface area contributed by atoms with Crippen molar-refractivity contribution in [3.8, 4) is 0 Å². The van der Waals surface area contributed by atoms with Crippen LogP contribution in [0.15, 0.2) is 6.07 Å². The number of hydrogen-bond acceptors (Lipinski definition) is 3. The average molecular weight is 324 g/mol. The molecule has 1 aromatic rings. The number of benzene rings is 1. The van der Waals surface area contributed by atoms with Gasteiger partial charge in [0.2, 0.25) is 0 Å². The number of rotatable bonds is 1. The van der Waals surface area contributed by atoms with Gasteiger partial charge in [0.15, 0.2) is 11.6 Å². The summed E-state index contributed by atoms with van der Waals surface area (Å²) < 4.78 is 33.1. The molecule has 0 aliphatic carbocycles. The van der Waals surface area contributed by atoms with E-state index in [1.165, 1.54) is 6.07 Å². The van der Waals surface area contributed by atoms with Gasteiger partial charge in [-0.25, -0.2) is 13.6 Å². The van der Waals surface area contributed by atoms with Crippen LogP contribution in [0.5, 0.6) is 0 Å². The Morgan fingerprint density at radius 3 is 2.74 bits per heavy atom. The summed E-state index contributed by atoms with van der Waals surface area (Å²) in [4.78, 5) is 14.1. The number of nitrogens with one attached hydrogen (secondary N) is 1. The number of ether oxygens (including phenoxy) is 1. The summed E-state index contributed by atoms with van der Waals surface area (Å²) in [6, 6.07) is 1.06. The van der Waals surface area contributed by atoms with Crippen molar-refractivity contribution in [2.24, 2.45) is 0 Å². The molecule has 0 aromatic heterocycles. The number of hydrogen-bond donors (Lipinski definition) is 1. The van der Waals surface area contributed by atoms with Crippen molar-refractivity contribution in [3.05, 3.63) is 28.8 Å². The largest absolute Gasteiger partial charge is 0.444 e. The second kappa shape index (κ2) is 5.35. The molecule has 1 amide bonds. The predicted molar refractivity (Wildman–Crippen MR) is 83.8 cm³/mol. The maximum atomic E-state index is 13.9. The smallest absolute Gasteiger partial charge is 0.407 e. The van der Waals surface area contributed by atoms with E-state index in [4.69, 9.17) is 4.74 Å². The van der Waals surface area contributed by atoms with Gasteiger partial charge in [-0.15, -0.1) is 0 Å². The molecular formula is C17H22F2N2O2. The van der Waals surface area contributed by atoms with Crippen LogP contribution < -0.4 is 10.2 Å². The molecule has 0 spiro atoms. The minimum atomic E-state index is -0.814. The molecule has 0 radical (unpaired) electrons. The summed E-state index contributed by atoms with van der Waals surface area (Å²) in [7, 11) is 0. The lowest BCUT2D eigenvalue weighted by Crippen LogP contribution is -2.50. The van der Waals surface area contributed by atoms with E-state index in [2.05, 4.69) is 5.32 Å². The molecular weight excluding hydrogens is 302 g/mol. The van der Waals surface area contributed by atoms with Gasteiger partial charge in [0.25, 0.3) is 0 Å². The van der Waals surface area contributed by atoms with Crippen molar-refractivity contribution in [1.82, 2.24) is 5.32 Å². The Morgan fingerprint density at radius 2 is 2.09 bits per heavy atom. The van der Waals surface area contributed by atoms with Gasteiger partial charge >= 0.3 is 6.09 Å². The van der Waals surface area contributed by atoms with E-state index in [9.17, 15) is 13.6 Å². The first-order chi connectivity index (χ1) is 10.7. The monoisotopic (exact) mass is 324 g/mol. The fourth-order valence-electron chi connectivity index (χ4n) is 3.42. The summed E-state index contributed by atoms with van der Waals surface area (Å²) in [5.41, 5.74) is 1.44. The van der Waals surface area contributed by atoms with Gasteiger partial charge in [-0.1, -0.05) is 6.92 Å². The maximum absolute atomic E-state index is 13.9. The number of halogens is 2. The molecule has 2 aliphatic rings. The highest BCUT2D eigenvalue weighted by Crippen LogP contribution is 2.43. The molecule has 1 N–H and O–H groups in total. The minimum Gasteiger partial charge on any atom is -0.444 e. The Morgan fingerprint density at radius 1 is 1.39 bits per heavy atom. The predicted octanol–water partition coefficient (Wildman–Crippen LogP) is 3.34. The van der Waals surface area contributed by atoms with E-state index in [0.717, 1.165) is 11.3 Å². The molecule has 6 heteroatoms. The summed E-state index contributed by atoms with van der Waals surface area (Å²) in [6.45, 7) is 8.54. The van der Waals surface area contributed by atoms with Gasteiger partial charge < -0.3 is 15.0 Å². The number of amides is 1. The number of carbonyl (C=O) groups is 1. The topological polar surface area (TPSA) is 41.6 Å². The molecule has 23 heavy (non-hydrogen) atoms. The highest BCUT2D eigenvalue weighted by Gasteiger charge is 2.38. The van der Waals surface area contributed by atoms with Crippen LogP contribution in [0.2, 0.25) is 0 Å². The van der Waals surface area contributed by atoms with Crippen molar-refractivity contribution in [2.45, 2.75) is 51.7 Å². The van der Waals surface area contributed by atoms with Crippen LogP contribution in [0.4, 0.5) is 19.3 Å². The van der Waals surface area contributed by atoms with Gasteiger partial charge in [0, 0.05) is 30.3 Å². The van der Waals surface area contributed by atoms with E-state index in [1.807, 2.05) is 11.8 Å². The number of carbonyl (C=O) groups excluding carboxylic acids is 1. The number of anilines is 1. The van der Waals surface area contributed by atoms with Crippen LogP contribution >= 0.6 is 0 Å². The molecule has 2 atom stereocenters. The molecule has 126 valence electrons. The van der Waals surface area contributed by atoms with E-state index < -0.39 is 23.3 Å². The highest BCUT2D eigenvalue weighted by molar-refractivity contribution is 5.71. The first kappa shape index (κ1) is 16.0. The molecule has 0 saturated heterocycles. The second-order valence-electron chi connectivity index (χ2n) is 7.33. The summed E-state index contributed by atoms with van der Waals surface area (Å²) in [5.74, 6) is -1.66. The van der Waals surface area contributed by atoms with Crippen molar-refractivity contribution >= 4 is 11.8 Å². The quantitative estimate of drug-likeness (QED) is 0.861. The zero-order valence-electron chi connectivity index (χ0n) is 13.9. The van der Waals surface area contributed by atoms with Gasteiger partial charge in [0.05, 0.1) is 6.04 Å². The molecule has 2 aliphatic heterocycles. The number of nitrogens with zero attached hydrogens (tertiary/aromatic N) is 1. The van der Waals surface area contributed by atoms with Crippen molar-refractivity contribution in [3.63, 3.8) is 0 Å². The normalized spacial score (nSPS) is 22.8. The van der Waals surface area contributed by atoms with Crippen molar-refractivity contribution < 1.29 is 18.3 Å². The maximum Gasteiger partial charge on any atom is 0.407 e. The third kappa shape index (κ3) is 2.86. The molecule has 2 heterocycles. The molecule has 0 saturated carbocycles. The lowest BCUT2D eigenvalue weighted by molar-refractivity contribution is 0.0498. The standard InChI is InChI=1S/C17H22F2N2O2/c1-9-11-7-12(18)14(19)10-5-6-21(15(10)11)8-13(9)20-16(22)23-17(2,3)4/h7,9,13H,5-6,8H2,1-4H3,(H,20,22). The van der Waals surface area contributed by atoms with E-state index >= 15 is 0 Å². The molecule has 2 unspecified atom stereocenters. The van der Waals surface area contributed by atoms with Gasteiger partial charge in [-0.05, 0) is 38.8 Å². The average Bonchev–Trinajstić information content (AvgIpc) is 2.83. The SMILES string of the molecule is CC1c2cc(F)c(F)c3c2N(CC3)CC1NC(=O)OC(C)(C)C. The summed E-state index contributed by atoms with van der Waals surface area (Å²) in [5, 5.41) is 2.87.